The number of likely N-dealkylation sites (tertiary alicyclic amines) is 1. The molecular weight excluding hydrogens is 210 g/mol. The fraction of sp³-hybridized carbons (Fsp3) is 1.00. The van der Waals surface area contributed by atoms with Crippen molar-refractivity contribution >= 4 is 0 Å². The van der Waals surface area contributed by atoms with E-state index in [0.29, 0.717) is 0 Å². The number of likely N-dealkylation sites (N-methyl/N-ethyl adjacent to an activating group) is 1. The molecule has 0 amide bonds. The van der Waals surface area contributed by atoms with E-state index in [-0.39, 0.29) is 0 Å². The lowest BCUT2D eigenvalue weighted by Gasteiger charge is -2.41. The number of piperidine rings is 1. The zero-order valence-electron chi connectivity index (χ0n) is 11.8. The van der Waals surface area contributed by atoms with Crippen molar-refractivity contribution in [2.75, 3.05) is 46.3 Å². The summed E-state index contributed by atoms with van der Waals surface area (Å²) in [7, 11) is 2.27. The van der Waals surface area contributed by atoms with Crippen molar-refractivity contribution in [1.82, 2.24) is 15.1 Å². The van der Waals surface area contributed by atoms with Gasteiger partial charge in [0, 0.05) is 25.7 Å². The van der Waals surface area contributed by atoms with E-state index in [9.17, 15) is 0 Å². The van der Waals surface area contributed by atoms with E-state index in [1.165, 1.54) is 52.1 Å². The standard InChI is InChI=1S/C14H29N3/c1-12-7-15-8-13(2)10-17(9-12)14-5-4-6-16(3)11-14/h12-15H,4-11H2,1-3H3. The highest BCUT2D eigenvalue weighted by atomic mass is 15.2. The van der Waals surface area contributed by atoms with Gasteiger partial charge in [-0.25, -0.2) is 0 Å². The SMILES string of the molecule is CC1CNCC(C)CN(C2CCCN(C)C2)C1. The fourth-order valence-corrected chi connectivity index (χ4v) is 3.32. The first-order valence-corrected chi connectivity index (χ1v) is 7.28. The molecule has 2 saturated heterocycles. The van der Waals surface area contributed by atoms with E-state index >= 15 is 0 Å². The zero-order valence-corrected chi connectivity index (χ0v) is 11.8. The molecule has 2 fully saturated rings. The normalized spacial score (nSPS) is 38.6. The van der Waals surface area contributed by atoms with Gasteiger partial charge in [0.1, 0.15) is 0 Å². The molecule has 2 aliphatic rings. The van der Waals surface area contributed by atoms with Crippen molar-refractivity contribution in [3.05, 3.63) is 0 Å². The second kappa shape index (κ2) is 6.17. The van der Waals surface area contributed by atoms with Gasteiger partial charge in [-0.15, -0.1) is 0 Å². The lowest BCUT2D eigenvalue weighted by Crippen LogP contribution is -2.52. The fourth-order valence-electron chi connectivity index (χ4n) is 3.32. The van der Waals surface area contributed by atoms with Crippen LogP contribution in [0.5, 0.6) is 0 Å². The van der Waals surface area contributed by atoms with Crippen LogP contribution in [0.2, 0.25) is 0 Å². The number of rotatable bonds is 1. The minimum atomic E-state index is 0.787. The number of nitrogens with one attached hydrogen (secondary N) is 1. The van der Waals surface area contributed by atoms with Gasteiger partial charge in [0.25, 0.3) is 0 Å². The van der Waals surface area contributed by atoms with Crippen LogP contribution >= 0.6 is 0 Å². The molecule has 3 atom stereocenters. The van der Waals surface area contributed by atoms with E-state index in [2.05, 4.69) is 36.0 Å². The predicted octanol–water partition coefficient (Wildman–Crippen LogP) is 1.26. The number of hydrogen-bond donors (Lipinski definition) is 1. The maximum Gasteiger partial charge on any atom is 0.0223 e. The molecule has 3 nitrogen and oxygen atoms in total. The van der Waals surface area contributed by atoms with Gasteiger partial charge in [-0.2, -0.15) is 0 Å². The third-order valence-corrected chi connectivity index (χ3v) is 4.19. The Morgan fingerprint density at radius 2 is 1.65 bits per heavy atom. The Morgan fingerprint density at radius 3 is 2.24 bits per heavy atom. The van der Waals surface area contributed by atoms with Gasteiger partial charge < -0.3 is 10.2 Å². The third kappa shape index (κ3) is 3.94. The van der Waals surface area contributed by atoms with E-state index in [0.717, 1.165) is 17.9 Å². The van der Waals surface area contributed by atoms with E-state index in [4.69, 9.17) is 0 Å². The first-order chi connectivity index (χ1) is 8.15. The molecule has 0 spiro atoms. The summed E-state index contributed by atoms with van der Waals surface area (Å²) in [6, 6.07) is 0.803. The molecule has 0 saturated carbocycles. The smallest absolute Gasteiger partial charge is 0.0223 e. The minimum Gasteiger partial charge on any atom is -0.316 e. The van der Waals surface area contributed by atoms with Crippen LogP contribution in [0, 0.1) is 11.8 Å². The van der Waals surface area contributed by atoms with E-state index in [1.54, 1.807) is 0 Å². The summed E-state index contributed by atoms with van der Waals surface area (Å²) in [6.07, 6.45) is 2.77. The molecule has 2 heterocycles. The maximum atomic E-state index is 3.58. The quantitative estimate of drug-likeness (QED) is 0.743. The van der Waals surface area contributed by atoms with Gasteiger partial charge in [0.05, 0.1) is 0 Å². The first kappa shape index (κ1) is 13.3. The van der Waals surface area contributed by atoms with E-state index in [1.807, 2.05) is 0 Å². The molecule has 2 aliphatic heterocycles. The molecule has 2 rings (SSSR count). The van der Waals surface area contributed by atoms with Crippen LogP contribution in [0.25, 0.3) is 0 Å². The Balaban J connectivity index is 1.94. The van der Waals surface area contributed by atoms with Crippen LogP contribution in [0.15, 0.2) is 0 Å². The van der Waals surface area contributed by atoms with Gasteiger partial charge in [-0.3, -0.25) is 4.90 Å². The predicted molar refractivity (Wildman–Crippen MR) is 73.3 cm³/mol. The summed E-state index contributed by atoms with van der Waals surface area (Å²) in [6.45, 7) is 12.2. The Hall–Kier alpha value is -0.120. The molecule has 100 valence electrons. The molecular formula is C14H29N3. The van der Waals surface area contributed by atoms with Gasteiger partial charge >= 0.3 is 0 Å². The Kier molecular flexibility index (Phi) is 4.83. The molecule has 0 aliphatic carbocycles. The summed E-state index contributed by atoms with van der Waals surface area (Å²) >= 11 is 0. The Bertz CT molecular complexity index is 220. The Morgan fingerprint density at radius 1 is 1.00 bits per heavy atom. The topological polar surface area (TPSA) is 18.5 Å². The lowest BCUT2D eigenvalue weighted by atomic mass is 9.99. The lowest BCUT2D eigenvalue weighted by molar-refractivity contribution is 0.0791. The zero-order chi connectivity index (χ0) is 12.3. The summed E-state index contributed by atoms with van der Waals surface area (Å²) in [4.78, 5) is 5.27. The van der Waals surface area contributed by atoms with Crippen molar-refractivity contribution in [3.63, 3.8) is 0 Å². The van der Waals surface area contributed by atoms with Crippen LogP contribution in [0.4, 0.5) is 0 Å². The summed E-state index contributed by atoms with van der Waals surface area (Å²) in [5.74, 6) is 1.57. The van der Waals surface area contributed by atoms with Crippen molar-refractivity contribution < 1.29 is 0 Å². The van der Waals surface area contributed by atoms with Gasteiger partial charge in [-0.05, 0) is 51.4 Å². The minimum absolute atomic E-state index is 0.787. The summed E-state index contributed by atoms with van der Waals surface area (Å²) < 4.78 is 0. The number of nitrogens with zero attached hydrogens (tertiary/aromatic N) is 2. The van der Waals surface area contributed by atoms with Crippen LogP contribution in [0.3, 0.4) is 0 Å². The molecule has 3 unspecified atom stereocenters. The van der Waals surface area contributed by atoms with Crippen molar-refractivity contribution in [1.29, 1.82) is 0 Å². The summed E-state index contributed by atoms with van der Waals surface area (Å²) in [5, 5.41) is 3.58. The molecule has 0 aromatic rings. The van der Waals surface area contributed by atoms with Gasteiger partial charge in [-0.1, -0.05) is 13.8 Å². The van der Waals surface area contributed by atoms with Crippen LogP contribution in [-0.2, 0) is 0 Å². The molecule has 1 N–H and O–H groups in total. The maximum absolute atomic E-state index is 3.58. The van der Waals surface area contributed by atoms with E-state index < -0.39 is 0 Å². The summed E-state index contributed by atoms with van der Waals surface area (Å²) in [5.41, 5.74) is 0. The Labute approximate surface area is 107 Å². The highest BCUT2D eigenvalue weighted by molar-refractivity contribution is 4.83. The molecule has 0 aromatic heterocycles. The second-order valence-corrected chi connectivity index (χ2v) is 6.38. The molecule has 0 aromatic carbocycles. The van der Waals surface area contributed by atoms with Crippen molar-refractivity contribution in [3.8, 4) is 0 Å². The average Bonchev–Trinajstić information content (AvgIpc) is 2.26. The van der Waals surface area contributed by atoms with Crippen LogP contribution in [0.1, 0.15) is 26.7 Å². The van der Waals surface area contributed by atoms with Crippen LogP contribution in [-0.4, -0.2) is 62.2 Å². The monoisotopic (exact) mass is 239 g/mol. The first-order valence-electron chi connectivity index (χ1n) is 7.28. The highest BCUT2D eigenvalue weighted by Crippen LogP contribution is 2.18. The third-order valence-electron chi connectivity index (χ3n) is 4.19. The molecule has 3 heteroatoms. The largest absolute Gasteiger partial charge is 0.316 e. The average molecular weight is 239 g/mol. The second-order valence-electron chi connectivity index (χ2n) is 6.38. The van der Waals surface area contributed by atoms with Gasteiger partial charge in [0.2, 0.25) is 0 Å². The highest BCUT2D eigenvalue weighted by Gasteiger charge is 2.26. The van der Waals surface area contributed by atoms with Crippen molar-refractivity contribution in [2.24, 2.45) is 11.8 Å². The van der Waals surface area contributed by atoms with Crippen molar-refractivity contribution in [2.45, 2.75) is 32.7 Å². The van der Waals surface area contributed by atoms with Gasteiger partial charge in [0.15, 0.2) is 0 Å². The van der Waals surface area contributed by atoms with Crippen LogP contribution < -0.4 is 5.32 Å². The molecule has 0 bridgehead atoms. The molecule has 0 radical (unpaired) electrons. The number of hydrogen-bond acceptors (Lipinski definition) is 3. The molecule has 17 heavy (non-hydrogen) atoms.